The summed E-state index contributed by atoms with van der Waals surface area (Å²) in [7, 11) is 1.36. The summed E-state index contributed by atoms with van der Waals surface area (Å²) in [5, 5.41) is 10.4. The fraction of sp³-hybridized carbons (Fsp3) is 0.250. The van der Waals surface area contributed by atoms with Gasteiger partial charge in [-0.05, 0) is 29.3 Å². The second-order valence-electron chi connectivity index (χ2n) is 4.70. The summed E-state index contributed by atoms with van der Waals surface area (Å²) in [6.07, 6.45) is -1.10. The van der Waals surface area contributed by atoms with Gasteiger partial charge in [0.05, 0.1) is 13.2 Å². The van der Waals surface area contributed by atoms with Crippen LogP contribution in [0.1, 0.15) is 23.1 Å². The van der Waals surface area contributed by atoms with Crippen molar-refractivity contribution in [1.82, 2.24) is 0 Å². The Morgan fingerprint density at radius 2 is 1.86 bits per heavy atom. The van der Waals surface area contributed by atoms with E-state index in [0.29, 0.717) is 11.1 Å². The zero-order valence-corrected chi connectivity index (χ0v) is 11.6. The maximum atomic E-state index is 13.8. The van der Waals surface area contributed by atoms with Gasteiger partial charge in [0, 0.05) is 12.5 Å². The number of ether oxygens (including phenoxy) is 1. The summed E-state index contributed by atoms with van der Waals surface area (Å²) in [4.78, 5) is 0. The van der Waals surface area contributed by atoms with Crippen LogP contribution >= 0.6 is 0 Å². The average molecular weight is 293 g/mol. The molecule has 2 aromatic rings. The number of aliphatic hydroxyl groups excluding tert-OH is 1. The molecular formula is C16H17F2NO2. The quantitative estimate of drug-likeness (QED) is 0.891. The van der Waals surface area contributed by atoms with Crippen LogP contribution in [0.2, 0.25) is 0 Å². The van der Waals surface area contributed by atoms with Crippen LogP contribution in [-0.2, 0) is 0 Å². The van der Waals surface area contributed by atoms with Gasteiger partial charge in [-0.2, -0.15) is 0 Å². The average Bonchev–Trinajstić information content (AvgIpc) is 2.49. The van der Waals surface area contributed by atoms with Gasteiger partial charge in [-0.3, -0.25) is 0 Å². The third kappa shape index (κ3) is 3.20. The van der Waals surface area contributed by atoms with Crippen LogP contribution in [0, 0.1) is 11.6 Å². The maximum absolute atomic E-state index is 13.8. The summed E-state index contributed by atoms with van der Waals surface area (Å²) >= 11 is 0. The van der Waals surface area contributed by atoms with E-state index in [4.69, 9.17) is 10.5 Å². The third-order valence-electron chi connectivity index (χ3n) is 3.46. The van der Waals surface area contributed by atoms with Gasteiger partial charge >= 0.3 is 0 Å². The van der Waals surface area contributed by atoms with Crippen molar-refractivity contribution in [3.63, 3.8) is 0 Å². The molecule has 21 heavy (non-hydrogen) atoms. The minimum atomic E-state index is -1.10. The van der Waals surface area contributed by atoms with Gasteiger partial charge in [0.25, 0.3) is 0 Å². The van der Waals surface area contributed by atoms with Crippen LogP contribution in [0.5, 0.6) is 5.75 Å². The molecular weight excluding hydrogens is 276 g/mol. The first-order valence-electron chi connectivity index (χ1n) is 6.54. The molecule has 2 unspecified atom stereocenters. The lowest BCUT2D eigenvalue weighted by atomic mass is 9.89. The monoisotopic (exact) mass is 293 g/mol. The molecule has 0 amide bonds. The number of nitrogens with two attached hydrogens (primary N) is 1. The van der Waals surface area contributed by atoms with Crippen LogP contribution < -0.4 is 10.5 Å². The molecule has 0 saturated heterocycles. The molecule has 0 aromatic heterocycles. The first kappa shape index (κ1) is 15.4. The molecule has 5 heteroatoms. The number of aliphatic hydroxyl groups is 1. The third-order valence-corrected chi connectivity index (χ3v) is 3.46. The molecule has 2 atom stereocenters. The zero-order valence-electron chi connectivity index (χ0n) is 11.6. The number of rotatable bonds is 5. The fourth-order valence-corrected chi connectivity index (χ4v) is 2.30. The molecule has 0 aliphatic rings. The molecule has 0 heterocycles. The summed E-state index contributed by atoms with van der Waals surface area (Å²) in [5.74, 6) is -1.60. The van der Waals surface area contributed by atoms with Crippen LogP contribution in [0.25, 0.3) is 0 Å². The first-order chi connectivity index (χ1) is 10.1. The van der Waals surface area contributed by atoms with Crippen molar-refractivity contribution in [2.75, 3.05) is 13.7 Å². The Bertz CT molecular complexity index is 619. The first-order valence-corrected chi connectivity index (χ1v) is 6.54. The fourth-order valence-electron chi connectivity index (χ4n) is 2.30. The Morgan fingerprint density at radius 1 is 1.14 bits per heavy atom. The molecule has 2 rings (SSSR count). The van der Waals surface area contributed by atoms with E-state index in [1.165, 1.54) is 31.4 Å². The van der Waals surface area contributed by atoms with Crippen LogP contribution in [0.3, 0.4) is 0 Å². The number of hydrogen-bond acceptors (Lipinski definition) is 3. The molecule has 0 bridgehead atoms. The van der Waals surface area contributed by atoms with Crippen LogP contribution in [0.15, 0.2) is 42.5 Å². The van der Waals surface area contributed by atoms with E-state index in [1.807, 2.05) is 0 Å². The SMILES string of the molecule is COc1ccc(C(O)C(CN)c2ccccc2F)cc1F. The van der Waals surface area contributed by atoms with Crippen molar-refractivity contribution in [2.24, 2.45) is 5.73 Å². The summed E-state index contributed by atoms with van der Waals surface area (Å²) in [6.45, 7) is 0.0374. The van der Waals surface area contributed by atoms with E-state index in [0.717, 1.165) is 0 Å². The van der Waals surface area contributed by atoms with Gasteiger partial charge in [0.1, 0.15) is 5.82 Å². The lowest BCUT2D eigenvalue weighted by Gasteiger charge is -2.23. The highest BCUT2D eigenvalue weighted by Gasteiger charge is 2.24. The predicted octanol–water partition coefficient (Wildman–Crippen LogP) is 2.75. The van der Waals surface area contributed by atoms with Gasteiger partial charge in [0.15, 0.2) is 11.6 Å². The lowest BCUT2D eigenvalue weighted by molar-refractivity contribution is 0.145. The molecule has 112 valence electrons. The van der Waals surface area contributed by atoms with Crippen molar-refractivity contribution in [1.29, 1.82) is 0 Å². The minimum absolute atomic E-state index is 0.0374. The Labute approximate surface area is 122 Å². The largest absolute Gasteiger partial charge is 0.494 e. The van der Waals surface area contributed by atoms with E-state index in [-0.39, 0.29) is 12.3 Å². The molecule has 0 aliphatic heterocycles. The smallest absolute Gasteiger partial charge is 0.165 e. The molecule has 3 N–H and O–H groups in total. The second-order valence-corrected chi connectivity index (χ2v) is 4.70. The summed E-state index contributed by atoms with van der Waals surface area (Å²) < 4.78 is 32.4. The van der Waals surface area contributed by atoms with Crippen molar-refractivity contribution < 1.29 is 18.6 Å². The molecule has 3 nitrogen and oxygen atoms in total. The molecule has 2 aromatic carbocycles. The van der Waals surface area contributed by atoms with E-state index in [9.17, 15) is 13.9 Å². The number of benzene rings is 2. The maximum Gasteiger partial charge on any atom is 0.165 e. The van der Waals surface area contributed by atoms with Crippen molar-refractivity contribution in [2.45, 2.75) is 12.0 Å². The van der Waals surface area contributed by atoms with E-state index >= 15 is 0 Å². The predicted molar refractivity (Wildman–Crippen MR) is 76.1 cm³/mol. The molecule has 0 fully saturated rings. The molecule has 0 spiro atoms. The molecule has 0 aliphatic carbocycles. The van der Waals surface area contributed by atoms with Crippen molar-refractivity contribution >= 4 is 0 Å². The van der Waals surface area contributed by atoms with Crippen molar-refractivity contribution in [3.8, 4) is 5.75 Å². The number of hydrogen-bond donors (Lipinski definition) is 2. The number of methoxy groups -OCH3 is 1. The normalized spacial score (nSPS) is 13.8. The Morgan fingerprint density at radius 3 is 2.43 bits per heavy atom. The van der Waals surface area contributed by atoms with Gasteiger partial charge in [0.2, 0.25) is 0 Å². The van der Waals surface area contributed by atoms with Gasteiger partial charge in [-0.15, -0.1) is 0 Å². The second kappa shape index (κ2) is 6.65. The highest BCUT2D eigenvalue weighted by Crippen LogP contribution is 2.33. The van der Waals surface area contributed by atoms with Gasteiger partial charge in [-0.1, -0.05) is 24.3 Å². The highest BCUT2D eigenvalue weighted by molar-refractivity contribution is 5.33. The number of halogens is 2. The topological polar surface area (TPSA) is 55.5 Å². The minimum Gasteiger partial charge on any atom is -0.494 e. The standard InChI is InChI=1S/C16H17F2NO2/c1-21-15-7-6-10(8-14(15)18)16(20)12(9-19)11-4-2-3-5-13(11)17/h2-8,12,16,20H,9,19H2,1H3. The van der Waals surface area contributed by atoms with E-state index in [2.05, 4.69) is 0 Å². The zero-order chi connectivity index (χ0) is 15.4. The summed E-state index contributed by atoms with van der Waals surface area (Å²) in [5.41, 5.74) is 6.30. The molecule has 0 radical (unpaired) electrons. The molecule has 0 saturated carbocycles. The van der Waals surface area contributed by atoms with Gasteiger partial charge < -0.3 is 15.6 Å². The Hall–Kier alpha value is -1.98. The van der Waals surface area contributed by atoms with Crippen LogP contribution in [-0.4, -0.2) is 18.8 Å². The van der Waals surface area contributed by atoms with E-state index in [1.54, 1.807) is 18.2 Å². The Kier molecular flexibility index (Phi) is 4.88. The summed E-state index contributed by atoms with van der Waals surface area (Å²) in [6, 6.07) is 10.2. The highest BCUT2D eigenvalue weighted by atomic mass is 19.1. The Balaban J connectivity index is 2.34. The van der Waals surface area contributed by atoms with E-state index < -0.39 is 23.7 Å². The lowest BCUT2D eigenvalue weighted by Crippen LogP contribution is -2.21. The van der Waals surface area contributed by atoms with Gasteiger partial charge in [-0.25, -0.2) is 8.78 Å². The van der Waals surface area contributed by atoms with Crippen molar-refractivity contribution in [3.05, 3.63) is 65.2 Å². The van der Waals surface area contributed by atoms with Crippen LogP contribution in [0.4, 0.5) is 8.78 Å².